The van der Waals surface area contributed by atoms with Gasteiger partial charge >= 0.3 is 0 Å². The molecule has 1 saturated heterocycles. The molecule has 0 saturated carbocycles. The summed E-state index contributed by atoms with van der Waals surface area (Å²) in [5.41, 5.74) is 3.63. The van der Waals surface area contributed by atoms with Crippen molar-refractivity contribution in [2.24, 2.45) is 5.41 Å². The predicted molar refractivity (Wildman–Crippen MR) is 155 cm³/mol. The summed E-state index contributed by atoms with van der Waals surface area (Å²) in [6.45, 7) is 14.1. The zero-order chi connectivity index (χ0) is 28.2. The van der Waals surface area contributed by atoms with Gasteiger partial charge in [0.05, 0.1) is 20.3 Å². The number of likely N-dealkylation sites (N-methyl/N-ethyl adjacent to an activating group) is 1. The highest BCUT2D eigenvalue weighted by Crippen LogP contribution is 2.40. The molecular weight excluding hydrogens is 492 g/mol. The minimum absolute atomic E-state index is 0.0302. The number of carbonyl (C=O) groups excluding carboxylic acids is 2. The summed E-state index contributed by atoms with van der Waals surface area (Å²) in [6, 6.07) is 11.8. The first-order valence-electron chi connectivity index (χ1n) is 14.1. The van der Waals surface area contributed by atoms with E-state index in [2.05, 4.69) is 28.1 Å². The van der Waals surface area contributed by atoms with Crippen molar-refractivity contribution in [1.29, 1.82) is 0 Å². The number of carbonyl (C=O) groups is 2. The Labute approximate surface area is 233 Å². The largest absolute Gasteiger partial charge is 0.493 e. The SMILES string of the molecule is CCN1CCN(c2cccc3c2CN(C(CCCNC(=O)C(C)(C)C)c2ccc(OC)c(OC)c2)C3=O)CC1. The van der Waals surface area contributed by atoms with Gasteiger partial charge in [-0.25, -0.2) is 0 Å². The number of methoxy groups -OCH3 is 2. The zero-order valence-corrected chi connectivity index (χ0v) is 24.4. The van der Waals surface area contributed by atoms with Crippen LogP contribution in [0.3, 0.4) is 0 Å². The van der Waals surface area contributed by atoms with Crippen LogP contribution in [0.15, 0.2) is 36.4 Å². The molecule has 1 fully saturated rings. The fraction of sp³-hybridized carbons (Fsp3) is 0.548. The van der Waals surface area contributed by atoms with Crippen molar-refractivity contribution < 1.29 is 19.1 Å². The maximum absolute atomic E-state index is 13.9. The molecule has 2 amide bonds. The topological polar surface area (TPSA) is 74.3 Å². The third kappa shape index (κ3) is 6.32. The molecule has 212 valence electrons. The van der Waals surface area contributed by atoms with Crippen molar-refractivity contribution >= 4 is 17.5 Å². The number of benzene rings is 2. The lowest BCUT2D eigenvalue weighted by Gasteiger charge is -2.36. The van der Waals surface area contributed by atoms with Gasteiger partial charge in [0.2, 0.25) is 5.91 Å². The van der Waals surface area contributed by atoms with Crippen LogP contribution in [0.25, 0.3) is 0 Å². The monoisotopic (exact) mass is 536 g/mol. The molecular formula is C31H44N4O4. The van der Waals surface area contributed by atoms with Crippen molar-refractivity contribution in [3.05, 3.63) is 53.1 Å². The van der Waals surface area contributed by atoms with Gasteiger partial charge in [-0.2, -0.15) is 0 Å². The lowest BCUT2D eigenvalue weighted by Crippen LogP contribution is -2.46. The number of rotatable bonds is 10. The number of ether oxygens (including phenoxy) is 2. The first-order valence-corrected chi connectivity index (χ1v) is 14.1. The highest BCUT2D eigenvalue weighted by atomic mass is 16.5. The van der Waals surface area contributed by atoms with E-state index in [1.54, 1.807) is 14.2 Å². The Bertz CT molecular complexity index is 1170. The molecule has 0 spiro atoms. The number of hydrogen-bond donors (Lipinski definition) is 1. The molecule has 1 atom stereocenters. The van der Waals surface area contributed by atoms with Gasteiger partial charge < -0.3 is 29.5 Å². The van der Waals surface area contributed by atoms with Gasteiger partial charge in [0, 0.05) is 61.5 Å². The second-order valence-electron chi connectivity index (χ2n) is 11.4. The number of piperazine rings is 1. The van der Waals surface area contributed by atoms with Gasteiger partial charge in [0.1, 0.15) is 0 Å². The average molecular weight is 537 g/mol. The molecule has 39 heavy (non-hydrogen) atoms. The van der Waals surface area contributed by atoms with E-state index < -0.39 is 5.41 Å². The van der Waals surface area contributed by atoms with Crippen LogP contribution in [0.2, 0.25) is 0 Å². The van der Waals surface area contributed by atoms with E-state index in [1.807, 2.05) is 56.0 Å². The minimum atomic E-state index is -0.436. The second kappa shape index (κ2) is 12.3. The Morgan fingerprint density at radius 2 is 1.74 bits per heavy atom. The predicted octanol–water partition coefficient (Wildman–Crippen LogP) is 4.49. The smallest absolute Gasteiger partial charge is 0.255 e. The molecule has 1 unspecified atom stereocenters. The van der Waals surface area contributed by atoms with Crippen molar-refractivity contribution in [3.63, 3.8) is 0 Å². The minimum Gasteiger partial charge on any atom is -0.493 e. The first kappa shape index (κ1) is 28.7. The van der Waals surface area contributed by atoms with E-state index in [9.17, 15) is 9.59 Å². The van der Waals surface area contributed by atoms with Crippen molar-refractivity contribution in [3.8, 4) is 11.5 Å². The lowest BCUT2D eigenvalue weighted by molar-refractivity contribution is -0.128. The fourth-order valence-electron chi connectivity index (χ4n) is 5.52. The summed E-state index contributed by atoms with van der Waals surface area (Å²) in [5, 5.41) is 3.05. The van der Waals surface area contributed by atoms with Crippen molar-refractivity contribution in [2.75, 3.05) is 58.4 Å². The van der Waals surface area contributed by atoms with Crippen molar-refractivity contribution in [1.82, 2.24) is 15.1 Å². The maximum Gasteiger partial charge on any atom is 0.255 e. The van der Waals surface area contributed by atoms with Gasteiger partial charge in [0.25, 0.3) is 5.91 Å². The summed E-state index contributed by atoms with van der Waals surface area (Å²) in [6.07, 6.45) is 1.46. The van der Waals surface area contributed by atoms with Crippen LogP contribution < -0.4 is 19.7 Å². The molecule has 0 aliphatic carbocycles. The molecule has 4 rings (SSSR count). The molecule has 2 aliphatic rings. The van der Waals surface area contributed by atoms with Crippen LogP contribution in [0, 0.1) is 5.41 Å². The van der Waals surface area contributed by atoms with Gasteiger partial charge in [0.15, 0.2) is 11.5 Å². The third-order valence-electron chi connectivity index (χ3n) is 7.92. The average Bonchev–Trinajstić information content (AvgIpc) is 3.28. The normalized spacial score (nSPS) is 16.7. The van der Waals surface area contributed by atoms with Gasteiger partial charge in [-0.15, -0.1) is 0 Å². The van der Waals surface area contributed by atoms with Gasteiger partial charge in [-0.3, -0.25) is 9.59 Å². The van der Waals surface area contributed by atoms with Gasteiger partial charge in [-0.05, 0) is 49.2 Å². The molecule has 0 aromatic heterocycles. The summed E-state index contributed by atoms with van der Waals surface area (Å²) < 4.78 is 11.1. The highest BCUT2D eigenvalue weighted by molar-refractivity contribution is 6.00. The Kier molecular flexibility index (Phi) is 9.05. The first-order chi connectivity index (χ1) is 18.7. The van der Waals surface area contributed by atoms with Crippen molar-refractivity contribution in [2.45, 2.75) is 53.1 Å². The van der Waals surface area contributed by atoms with Crippen LogP contribution in [0.5, 0.6) is 11.5 Å². The van der Waals surface area contributed by atoms with Gasteiger partial charge in [-0.1, -0.05) is 39.8 Å². The summed E-state index contributed by atoms with van der Waals surface area (Å²) in [5.74, 6) is 1.38. The lowest BCUT2D eigenvalue weighted by atomic mass is 9.95. The van der Waals surface area contributed by atoms with Crippen LogP contribution in [0.4, 0.5) is 5.69 Å². The van der Waals surface area contributed by atoms with E-state index >= 15 is 0 Å². The quantitative estimate of drug-likeness (QED) is 0.451. The summed E-state index contributed by atoms with van der Waals surface area (Å²) in [7, 11) is 3.25. The number of anilines is 1. The summed E-state index contributed by atoms with van der Waals surface area (Å²) in [4.78, 5) is 33.1. The number of fused-ring (bicyclic) bond motifs is 1. The number of amides is 2. The van der Waals surface area contributed by atoms with E-state index in [-0.39, 0.29) is 17.9 Å². The van der Waals surface area contributed by atoms with Crippen LogP contribution in [0.1, 0.15) is 68.1 Å². The molecule has 2 aliphatic heterocycles. The molecule has 0 radical (unpaired) electrons. The van der Waals surface area contributed by atoms with E-state index in [1.165, 1.54) is 5.69 Å². The number of hydrogen-bond acceptors (Lipinski definition) is 6. The Balaban J connectivity index is 1.59. The number of nitrogens with zero attached hydrogens (tertiary/aromatic N) is 3. The second-order valence-corrected chi connectivity index (χ2v) is 11.4. The van der Waals surface area contributed by atoms with Crippen LogP contribution in [-0.4, -0.2) is 75.1 Å². The standard InChI is InChI=1S/C31H44N4O4/c1-7-33-16-18-34(19-17-33)26-11-8-10-23-24(26)21-35(29(23)36)25(12-9-15-32-30(37)31(2,3)4)22-13-14-27(38-5)28(20-22)39-6/h8,10-11,13-14,20,25H,7,9,12,15-19,21H2,1-6H3,(H,32,37). The van der Waals surface area contributed by atoms with Crippen LogP contribution in [-0.2, 0) is 11.3 Å². The fourth-order valence-corrected chi connectivity index (χ4v) is 5.52. The van der Waals surface area contributed by atoms with Crippen LogP contribution >= 0.6 is 0 Å². The molecule has 2 aromatic rings. The third-order valence-corrected chi connectivity index (χ3v) is 7.92. The molecule has 8 nitrogen and oxygen atoms in total. The molecule has 1 N–H and O–H groups in total. The Hall–Kier alpha value is -3.26. The van der Waals surface area contributed by atoms with E-state index in [4.69, 9.17) is 9.47 Å². The molecule has 2 aromatic carbocycles. The van der Waals surface area contributed by atoms with E-state index in [0.717, 1.165) is 55.8 Å². The summed E-state index contributed by atoms with van der Waals surface area (Å²) >= 11 is 0. The molecule has 0 bridgehead atoms. The number of nitrogens with one attached hydrogen (secondary N) is 1. The Morgan fingerprint density at radius 3 is 2.38 bits per heavy atom. The zero-order valence-electron chi connectivity index (χ0n) is 24.4. The molecule has 2 heterocycles. The maximum atomic E-state index is 13.9. The Morgan fingerprint density at radius 1 is 1.03 bits per heavy atom. The van der Waals surface area contributed by atoms with E-state index in [0.29, 0.717) is 31.0 Å². The highest BCUT2D eigenvalue weighted by Gasteiger charge is 2.36. The molecule has 8 heteroatoms.